The van der Waals surface area contributed by atoms with Gasteiger partial charge in [0.15, 0.2) is 0 Å². The smallest absolute Gasteiger partial charge is 0.328 e. The Balaban J connectivity index is 1.61. The second kappa shape index (κ2) is 11.9. The summed E-state index contributed by atoms with van der Waals surface area (Å²) in [5, 5.41) is 17.2. The van der Waals surface area contributed by atoms with Crippen LogP contribution in [0, 0.1) is 10.8 Å². The maximum Gasteiger partial charge on any atom is 0.328 e. The number of carbonyl (C=O) groups is 1. The number of anilines is 1. The third-order valence-corrected chi connectivity index (χ3v) is 8.83. The van der Waals surface area contributed by atoms with Crippen LogP contribution in [0.1, 0.15) is 30.9 Å². The van der Waals surface area contributed by atoms with Gasteiger partial charge < -0.3 is 21.1 Å². The number of carbonyl (C=O) groups excluding carboxylic acids is 1. The molecule has 1 aliphatic rings. The van der Waals surface area contributed by atoms with Gasteiger partial charge in [0.1, 0.15) is 17.7 Å². The number of nitrogens with one attached hydrogen (secondary N) is 2. The number of nitrogen functional groups attached to an aromatic ring is 1. The van der Waals surface area contributed by atoms with Crippen molar-refractivity contribution < 1.29 is 17.9 Å². The SMILES string of the molecule is CC(=N)N1CCC(Oc2ccc(N(Cc3ccc4ccc(C(=N)N)cc4c3)S(=O)(=O)N(C)C(=O)CN)cc2)CC1. The van der Waals surface area contributed by atoms with Crippen LogP contribution in [0.15, 0.2) is 60.7 Å². The van der Waals surface area contributed by atoms with Gasteiger partial charge in [0.2, 0.25) is 0 Å². The Labute approximate surface area is 234 Å². The van der Waals surface area contributed by atoms with E-state index < -0.39 is 22.7 Å². The van der Waals surface area contributed by atoms with Crippen LogP contribution in [0.5, 0.6) is 5.75 Å². The largest absolute Gasteiger partial charge is 0.490 e. The lowest BCUT2D eigenvalue weighted by Crippen LogP contribution is -2.46. The number of piperidine rings is 1. The van der Waals surface area contributed by atoms with E-state index in [1.807, 2.05) is 29.2 Å². The number of hydrogen-bond acceptors (Lipinski definition) is 7. The summed E-state index contributed by atoms with van der Waals surface area (Å²) in [6.07, 6.45) is 1.59. The van der Waals surface area contributed by atoms with E-state index in [-0.39, 0.29) is 18.5 Å². The van der Waals surface area contributed by atoms with Crippen LogP contribution in [0.3, 0.4) is 0 Å². The zero-order chi connectivity index (χ0) is 29.0. The van der Waals surface area contributed by atoms with E-state index in [9.17, 15) is 13.2 Å². The maximum atomic E-state index is 13.6. The number of fused-ring (bicyclic) bond motifs is 1. The van der Waals surface area contributed by atoms with Crippen LogP contribution in [0.25, 0.3) is 10.8 Å². The Bertz CT molecular complexity index is 1520. The first kappa shape index (κ1) is 28.8. The molecule has 4 rings (SSSR count). The average molecular weight is 566 g/mol. The lowest BCUT2D eigenvalue weighted by molar-refractivity contribution is -0.124. The Morgan fingerprint density at radius 1 is 1.02 bits per heavy atom. The molecule has 3 aromatic carbocycles. The fourth-order valence-corrected chi connectivity index (χ4v) is 5.96. The zero-order valence-corrected chi connectivity index (χ0v) is 23.4. The van der Waals surface area contributed by atoms with Gasteiger partial charge in [0, 0.05) is 38.5 Å². The highest BCUT2D eigenvalue weighted by Gasteiger charge is 2.31. The molecule has 0 atom stereocenters. The summed E-state index contributed by atoms with van der Waals surface area (Å²) < 4.78 is 35.2. The lowest BCUT2D eigenvalue weighted by Gasteiger charge is -2.33. The van der Waals surface area contributed by atoms with Gasteiger partial charge in [-0.15, -0.1) is 0 Å². The summed E-state index contributed by atoms with van der Waals surface area (Å²) in [4.78, 5) is 14.3. The summed E-state index contributed by atoms with van der Waals surface area (Å²) in [5.74, 6) is 0.366. The van der Waals surface area contributed by atoms with E-state index in [2.05, 4.69) is 0 Å². The zero-order valence-electron chi connectivity index (χ0n) is 22.6. The standard InChI is InChI=1S/C28H35N7O4S/c1-19(30)34-13-11-26(12-14-34)39-25-9-7-24(8-10-25)35(40(37,38)33(2)27(36)17-29)18-20-3-4-21-5-6-22(28(31)32)16-23(21)15-20/h3-10,15-16,26,30H,11-14,17-18,29H2,1-2H3,(H3,31,32). The number of nitrogens with zero attached hydrogens (tertiary/aromatic N) is 3. The van der Waals surface area contributed by atoms with Crippen molar-refractivity contribution in [2.45, 2.75) is 32.4 Å². The van der Waals surface area contributed by atoms with Crippen LogP contribution >= 0.6 is 0 Å². The van der Waals surface area contributed by atoms with Crippen molar-refractivity contribution in [2.75, 3.05) is 31.0 Å². The monoisotopic (exact) mass is 565 g/mol. The minimum atomic E-state index is -4.28. The van der Waals surface area contributed by atoms with Gasteiger partial charge in [-0.3, -0.25) is 15.6 Å². The van der Waals surface area contributed by atoms with E-state index in [4.69, 9.17) is 27.0 Å². The number of amides is 1. The quantitative estimate of drug-likeness (QED) is 0.228. The molecule has 40 heavy (non-hydrogen) atoms. The summed E-state index contributed by atoms with van der Waals surface area (Å²) in [7, 11) is -3.08. The normalized spacial score (nSPS) is 14.1. The molecule has 0 radical (unpaired) electrons. The van der Waals surface area contributed by atoms with Gasteiger partial charge in [0.05, 0.1) is 24.6 Å². The molecular formula is C28H35N7O4S. The van der Waals surface area contributed by atoms with Crippen LogP contribution in [0.2, 0.25) is 0 Å². The van der Waals surface area contributed by atoms with Crippen LogP contribution in [-0.4, -0.2) is 68.0 Å². The number of likely N-dealkylation sites (tertiary alicyclic amines) is 1. The molecule has 0 unspecified atom stereocenters. The molecule has 1 fully saturated rings. The molecule has 6 N–H and O–H groups in total. The molecule has 1 saturated heterocycles. The van der Waals surface area contributed by atoms with Crippen LogP contribution in [-0.2, 0) is 21.5 Å². The second-order valence-corrected chi connectivity index (χ2v) is 11.7. The molecule has 0 spiro atoms. The summed E-state index contributed by atoms with van der Waals surface area (Å²) in [5.41, 5.74) is 12.7. The highest BCUT2D eigenvalue weighted by Crippen LogP contribution is 2.28. The number of hydrogen-bond donors (Lipinski definition) is 4. The minimum absolute atomic E-state index is 0.00656. The summed E-state index contributed by atoms with van der Waals surface area (Å²) in [6, 6.07) is 17.7. The molecule has 12 heteroatoms. The lowest BCUT2D eigenvalue weighted by atomic mass is 10.0. The second-order valence-electron chi connectivity index (χ2n) is 9.77. The van der Waals surface area contributed by atoms with E-state index in [0.29, 0.717) is 32.7 Å². The Kier molecular flexibility index (Phi) is 8.60. The molecule has 0 aliphatic carbocycles. The molecule has 1 amide bonds. The highest BCUT2D eigenvalue weighted by molar-refractivity contribution is 7.91. The first-order chi connectivity index (χ1) is 19.0. The number of likely N-dealkylation sites (N-methyl/N-ethyl adjacent to an activating group) is 1. The Morgan fingerprint density at radius 3 is 2.27 bits per heavy atom. The molecule has 1 aliphatic heterocycles. The van der Waals surface area contributed by atoms with Gasteiger partial charge >= 0.3 is 10.2 Å². The van der Waals surface area contributed by atoms with Crippen molar-refractivity contribution in [1.29, 1.82) is 10.8 Å². The van der Waals surface area contributed by atoms with Gasteiger partial charge in [-0.25, -0.2) is 8.61 Å². The predicted octanol–water partition coefficient (Wildman–Crippen LogP) is 2.63. The van der Waals surface area contributed by atoms with Crippen molar-refractivity contribution in [3.8, 4) is 5.75 Å². The fourth-order valence-electron chi connectivity index (χ4n) is 4.63. The van der Waals surface area contributed by atoms with Crippen molar-refractivity contribution in [3.05, 3.63) is 71.8 Å². The first-order valence-electron chi connectivity index (χ1n) is 12.9. The van der Waals surface area contributed by atoms with Crippen molar-refractivity contribution in [1.82, 2.24) is 9.21 Å². The molecule has 11 nitrogen and oxygen atoms in total. The maximum absolute atomic E-state index is 13.6. The van der Waals surface area contributed by atoms with E-state index in [1.165, 1.54) is 7.05 Å². The fraction of sp³-hybridized carbons (Fsp3) is 0.321. The number of nitrogens with two attached hydrogens (primary N) is 2. The van der Waals surface area contributed by atoms with Gasteiger partial charge in [-0.05, 0) is 59.7 Å². The molecular weight excluding hydrogens is 530 g/mol. The number of ether oxygens (including phenoxy) is 1. The summed E-state index contributed by atoms with van der Waals surface area (Å²) >= 11 is 0. The highest BCUT2D eigenvalue weighted by atomic mass is 32.2. The average Bonchev–Trinajstić information content (AvgIpc) is 2.95. The number of amidine groups is 2. The van der Waals surface area contributed by atoms with Crippen molar-refractivity contribution in [3.63, 3.8) is 0 Å². The predicted molar refractivity (Wildman–Crippen MR) is 157 cm³/mol. The van der Waals surface area contributed by atoms with Crippen LogP contribution in [0.4, 0.5) is 5.69 Å². The minimum Gasteiger partial charge on any atom is -0.490 e. The summed E-state index contributed by atoms with van der Waals surface area (Å²) in [6.45, 7) is 2.79. The van der Waals surface area contributed by atoms with Gasteiger partial charge in [0.25, 0.3) is 5.91 Å². The van der Waals surface area contributed by atoms with Crippen molar-refractivity contribution in [2.24, 2.45) is 11.5 Å². The molecule has 3 aromatic rings. The molecule has 1 heterocycles. The number of rotatable bonds is 9. The van der Waals surface area contributed by atoms with E-state index in [1.54, 1.807) is 43.3 Å². The molecule has 0 bridgehead atoms. The van der Waals surface area contributed by atoms with Gasteiger partial charge in [-0.2, -0.15) is 8.42 Å². The molecule has 0 aromatic heterocycles. The Morgan fingerprint density at radius 2 is 1.68 bits per heavy atom. The van der Waals surface area contributed by atoms with E-state index >= 15 is 0 Å². The van der Waals surface area contributed by atoms with E-state index in [0.717, 1.165) is 41.0 Å². The molecule has 212 valence electrons. The Hall–Kier alpha value is -4.16. The number of benzene rings is 3. The third kappa shape index (κ3) is 6.35. The van der Waals surface area contributed by atoms with Gasteiger partial charge in [-0.1, -0.05) is 24.3 Å². The third-order valence-electron chi connectivity index (χ3n) is 7.04. The van der Waals surface area contributed by atoms with Crippen LogP contribution < -0.4 is 20.5 Å². The molecule has 0 saturated carbocycles. The first-order valence-corrected chi connectivity index (χ1v) is 14.3. The van der Waals surface area contributed by atoms with Crippen molar-refractivity contribution >= 4 is 44.2 Å². The topological polar surface area (TPSA) is 170 Å².